The summed E-state index contributed by atoms with van der Waals surface area (Å²) in [5.41, 5.74) is 8.66. The molecule has 0 aliphatic heterocycles. The SMILES string of the molecule is NCc1cn[nH]c1-c1cc[nH]c1. The number of aromatic amines is 2. The van der Waals surface area contributed by atoms with Gasteiger partial charge in [-0.05, 0) is 6.07 Å². The first-order valence-electron chi connectivity index (χ1n) is 3.77. The molecule has 4 heteroatoms. The van der Waals surface area contributed by atoms with Crippen molar-refractivity contribution in [2.75, 3.05) is 0 Å². The summed E-state index contributed by atoms with van der Waals surface area (Å²) >= 11 is 0. The topological polar surface area (TPSA) is 70.5 Å². The van der Waals surface area contributed by atoms with Gasteiger partial charge in [0.15, 0.2) is 0 Å². The Kier molecular flexibility index (Phi) is 1.68. The van der Waals surface area contributed by atoms with E-state index in [0.29, 0.717) is 6.54 Å². The van der Waals surface area contributed by atoms with Crippen molar-refractivity contribution in [1.29, 1.82) is 0 Å². The molecule has 4 N–H and O–H groups in total. The van der Waals surface area contributed by atoms with Crippen LogP contribution < -0.4 is 5.73 Å². The summed E-state index contributed by atoms with van der Waals surface area (Å²) in [6.07, 6.45) is 5.53. The number of nitrogens with one attached hydrogen (secondary N) is 2. The minimum atomic E-state index is 0.511. The van der Waals surface area contributed by atoms with Crippen molar-refractivity contribution in [2.45, 2.75) is 6.54 Å². The molecule has 0 aromatic carbocycles. The fourth-order valence-corrected chi connectivity index (χ4v) is 1.20. The van der Waals surface area contributed by atoms with Gasteiger partial charge in [-0.15, -0.1) is 0 Å². The molecule has 0 fully saturated rings. The van der Waals surface area contributed by atoms with Crippen LogP contribution in [-0.2, 0) is 6.54 Å². The lowest BCUT2D eigenvalue weighted by molar-refractivity contribution is 1.08. The Morgan fingerprint density at radius 3 is 3.08 bits per heavy atom. The second-order valence-electron chi connectivity index (χ2n) is 2.57. The second kappa shape index (κ2) is 2.83. The number of H-pyrrole nitrogens is 2. The van der Waals surface area contributed by atoms with Crippen LogP contribution in [0.15, 0.2) is 24.7 Å². The van der Waals surface area contributed by atoms with E-state index in [9.17, 15) is 0 Å². The largest absolute Gasteiger partial charge is 0.367 e. The highest BCUT2D eigenvalue weighted by Crippen LogP contribution is 2.19. The third-order valence-electron chi connectivity index (χ3n) is 1.82. The van der Waals surface area contributed by atoms with Gasteiger partial charge >= 0.3 is 0 Å². The predicted octanol–water partition coefficient (Wildman–Crippen LogP) is 0.864. The highest BCUT2D eigenvalue weighted by atomic mass is 15.1. The minimum absolute atomic E-state index is 0.511. The van der Waals surface area contributed by atoms with Crippen LogP contribution in [0.25, 0.3) is 11.3 Å². The summed E-state index contributed by atoms with van der Waals surface area (Å²) in [4.78, 5) is 2.98. The number of hydrogen-bond donors (Lipinski definition) is 3. The minimum Gasteiger partial charge on any atom is -0.367 e. The summed E-state index contributed by atoms with van der Waals surface area (Å²) in [6, 6.07) is 1.98. The smallest absolute Gasteiger partial charge is 0.0710 e. The van der Waals surface area contributed by atoms with E-state index in [-0.39, 0.29) is 0 Å². The van der Waals surface area contributed by atoms with Crippen LogP contribution in [0, 0.1) is 0 Å². The molecule has 12 heavy (non-hydrogen) atoms. The van der Waals surface area contributed by atoms with Crippen molar-refractivity contribution in [3.63, 3.8) is 0 Å². The molecule has 0 radical (unpaired) electrons. The van der Waals surface area contributed by atoms with Crippen LogP contribution in [0.3, 0.4) is 0 Å². The van der Waals surface area contributed by atoms with Crippen LogP contribution in [0.5, 0.6) is 0 Å². The molecule has 2 aromatic rings. The highest BCUT2D eigenvalue weighted by Gasteiger charge is 2.04. The monoisotopic (exact) mass is 162 g/mol. The predicted molar refractivity (Wildman–Crippen MR) is 46.3 cm³/mol. The van der Waals surface area contributed by atoms with Gasteiger partial charge in [0.1, 0.15) is 0 Å². The molecular formula is C8H10N4. The maximum absolute atomic E-state index is 5.53. The number of nitrogens with two attached hydrogens (primary N) is 1. The number of hydrogen-bond acceptors (Lipinski definition) is 2. The van der Waals surface area contributed by atoms with Crippen LogP contribution in [0.2, 0.25) is 0 Å². The molecule has 2 aromatic heterocycles. The fourth-order valence-electron chi connectivity index (χ4n) is 1.20. The van der Waals surface area contributed by atoms with Gasteiger partial charge in [-0.2, -0.15) is 5.10 Å². The fraction of sp³-hybridized carbons (Fsp3) is 0.125. The third kappa shape index (κ3) is 1.02. The molecule has 4 nitrogen and oxygen atoms in total. The van der Waals surface area contributed by atoms with Gasteiger partial charge in [-0.3, -0.25) is 5.10 Å². The molecule has 62 valence electrons. The van der Waals surface area contributed by atoms with E-state index in [2.05, 4.69) is 15.2 Å². The van der Waals surface area contributed by atoms with E-state index in [1.165, 1.54) is 0 Å². The van der Waals surface area contributed by atoms with Crippen molar-refractivity contribution in [2.24, 2.45) is 5.73 Å². The van der Waals surface area contributed by atoms with Gasteiger partial charge in [0.05, 0.1) is 11.9 Å². The van der Waals surface area contributed by atoms with E-state index >= 15 is 0 Å². The number of aromatic nitrogens is 3. The maximum Gasteiger partial charge on any atom is 0.0710 e. The molecule has 0 bridgehead atoms. The van der Waals surface area contributed by atoms with E-state index in [0.717, 1.165) is 16.8 Å². The lowest BCUT2D eigenvalue weighted by atomic mass is 10.1. The average molecular weight is 162 g/mol. The summed E-state index contributed by atoms with van der Waals surface area (Å²) in [6.45, 7) is 0.511. The molecule has 0 atom stereocenters. The lowest BCUT2D eigenvalue weighted by Gasteiger charge is -1.95. The van der Waals surface area contributed by atoms with Crippen LogP contribution in [-0.4, -0.2) is 15.2 Å². The van der Waals surface area contributed by atoms with E-state index in [1.807, 2.05) is 18.5 Å². The Hall–Kier alpha value is -1.55. The van der Waals surface area contributed by atoms with Gasteiger partial charge in [0.2, 0.25) is 0 Å². The Bertz CT molecular complexity index is 347. The average Bonchev–Trinajstić information content (AvgIpc) is 2.74. The lowest BCUT2D eigenvalue weighted by Crippen LogP contribution is -1.95. The Balaban J connectivity index is 2.46. The molecule has 0 unspecified atom stereocenters. The standard InChI is InChI=1S/C8H10N4/c9-3-7-5-11-12-8(7)6-1-2-10-4-6/h1-2,4-5,10H,3,9H2,(H,11,12). The van der Waals surface area contributed by atoms with E-state index in [1.54, 1.807) is 6.20 Å². The first-order chi connectivity index (χ1) is 5.92. The summed E-state index contributed by atoms with van der Waals surface area (Å²) in [7, 11) is 0. The molecule has 0 spiro atoms. The van der Waals surface area contributed by atoms with Gasteiger partial charge < -0.3 is 10.7 Å². The van der Waals surface area contributed by atoms with Crippen LogP contribution in [0.1, 0.15) is 5.56 Å². The summed E-state index contributed by atoms with van der Waals surface area (Å²) in [5, 5.41) is 6.84. The van der Waals surface area contributed by atoms with Crippen molar-refractivity contribution in [1.82, 2.24) is 15.2 Å². The van der Waals surface area contributed by atoms with Crippen molar-refractivity contribution in [3.05, 3.63) is 30.2 Å². The molecule has 0 amide bonds. The number of nitrogens with zero attached hydrogens (tertiary/aromatic N) is 1. The molecular weight excluding hydrogens is 152 g/mol. The van der Waals surface area contributed by atoms with Gasteiger partial charge in [-0.1, -0.05) is 0 Å². The second-order valence-corrected chi connectivity index (χ2v) is 2.57. The molecule has 2 rings (SSSR count). The summed E-state index contributed by atoms with van der Waals surface area (Å²) < 4.78 is 0. The Morgan fingerprint density at radius 1 is 1.50 bits per heavy atom. The van der Waals surface area contributed by atoms with Crippen molar-refractivity contribution < 1.29 is 0 Å². The van der Waals surface area contributed by atoms with Gasteiger partial charge in [0, 0.05) is 30.1 Å². The Labute approximate surface area is 69.8 Å². The molecule has 0 aliphatic rings. The molecule has 0 aliphatic carbocycles. The highest BCUT2D eigenvalue weighted by molar-refractivity contribution is 5.61. The van der Waals surface area contributed by atoms with Gasteiger partial charge in [0.25, 0.3) is 0 Å². The number of rotatable bonds is 2. The first-order valence-corrected chi connectivity index (χ1v) is 3.77. The zero-order valence-electron chi connectivity index (χ0n) is 6.54. The van der Waals surface area contributed by atoms with Gasteiger partial charge in [-0.25, -0.2) is 0 Å². The van der Waals surface area contributed by atoms with Crippen molar-refractivity contribution in [3.8, 4) is 11.3 Å². The zero-order chi connectivity index (χ0) is 8.39. The summed E-state index contributed by atoms with van der Waals surface area (Å²) in [5.74, 6) is 0. The Morgan fingerprint density at radius 2 is 2.42 bits per heavy atom. The van der Waals surface area contributed by atoms with Crippen molar-refractivity contribution >= 4 is 0 Å². The van der Waals surface area contributed by atoms with E-state index in [4.69, 9.17) is 5.73 Å². The first kappa shape index (κ1) is 7.12. The normalized spacial score (nSPS) is 10.4. The maximum atomic E-state index is 5.53. The van der Waals surface area contributed by atoms with E-state index < -0.39 is 0 Å². The van der Waals surface area contributed by atoms with Crippen LogP contribution >= 0.6 is 0 Å². The zero-order valence-corrected chi connectivity index (χ0v) is 6.54. The van der Waals surface area contributed by atoms with Crippen LogP contribution in [0.4, 0.5) is 0 Å². The quantitative estimate of drug-likeness (QED) is 0.613. The molecule has 0 saturated carbocycles. The molecule has 0 saturated heterocycles. The third-order valence-corrected chi connectivity index (χ3v) is 1.82. The molecule has 2 heterocycles.